The van der Waals surface area contributed by atoms with Crippen LogP contribution in [0.5, 0.6) is 0 Å². The average molecular weight is 246 g/mol. The van der Waals surface area contributed by atoms with E-state index in [4.69, 9.17) is 15.5 Å². The minimum absolute atomic E-state index is 0.104. The molecule has 18 heavy (non-hydrogen) atoms. The zero-order valence-corrected chi connectivity index (χ0v) is 9.71. The largest absolute Gasteiger partial charge is 0.409 e. The third kappa shape index (κ3) is 3.08. The fraction of sp³-hybridized carbons (Fsp3) is 0.167. The fourth-order valence-electron chi connectivity index (χ4n) is 1.56. The van der Waals surface area contributed by atoms with Crippen LogP contribution in [0.15, 0.2) is 46.2 Å². The Bertz CT molecular complexity index is 523. The third-order valence-electron chi connectivity index (χ3n) is 2.45. The van der Waals surface area contributed by atoms with Gasteiger partial charge in [0.1, 0.15) is 5.76 Å². The summed E-state index contributed by atoms with van der Waals surface area (Å²) >= 11 is 0. The van der Waals surface area contributed by atoms with Crippen LogP contribution in [0.1, 0.15) is 16.9 Å². The van der Waals surface area contributed by atoms with Crippen LogP contribution in [0, 0.1) is 0 Å². The molecule has 0 radical (unpaired) electrons. The van der Waals surface area contributed by atoms with E-state index in [1.165, 1.54) is 0 Å². The van der Waals surface area contributed by atoms with Crippen molar-refractivity contribution in [3.63, 3.8) is 0 Å². The van der Waals surface area contributed by atoms with Crippen LogP contribution in [0.4, 0.5) is 0 Å². The maximum absolute atomic E-state index is 8.61. The van der Waals surface area contributed by atoms with E-state index in [0.717, 1.165) is 11.3 Å². The van der Waals surface area contributed by atoms with Crippen LogP contribution in [0.2, 0.25) is 0 Å². The van der Waals surface area contributed by atoms with Gasteiger partial charge in [-0.15, -0.1) is 0 Å². The van der Waals surface area contributed by atoms with Crippen molar-refractivity contribution >= 4 is 5.84 Å². The lowest BCUT2D eigenvalue weighted by Crippen LogP contribution is -2.15. The molecule has 1 heterocycles. The quantitative estimate of drug-likeness (QED) is 0.317. The number of amidine groups is 1. The molecule has 0 amide bonds. The highest BCUT2D eigenvalue weighted by molar-refractivity contribution is 5.97. The number of benzene rings is 1. The number of hydrogen-bond donors (Lipinski definition) is 3. The summed E-state index contributed by atoms with van der Waals surface area (Å²) in [5, 5.41) is 18.4. The van der Waals surface area contributed by atoms with E-state index in [1.807, 2.05) is 18.2 Å². The van der Waals surface area contributed by atoms with Crippen molar-refractivity contribution in [2.24, 2.45) is 10.9 Å². The highest BCUT2D eigenvalue weighted by Gasteiger charge is 2.01. The first-order valence-corrected chi connectivity index (χ1v) is 5.46. The molecule has 0 aliphatic carbocycles. The van der Waals surface area contributed by atoms with E-state index in [1.54, 1.807) is 18.3 Å². The van der Waals surface area contributed by atoms with Gasteiger partial charge in [0.2, 0.25) is 0 Å². The van der Waals surface area contributed by atoms with Crippen molar-refractivity contribution in [1.82, 2.24) is 10.5 Å². The highest BCUT2D eigenvalue weighted by Crippen LogP contribution is 2.05. The van der Waals surface area contributed by atoms with Crippen LogP contribution in [0.25, 0.3) is 0 Å². The van der Waals surface area contributed by atoms with E-state index in [-0.39, 0.29) is 5.84 Å². The molecular formula is C12H14N4O2. The zero-order chi connectivity index (χ0) is 12.8. The van der Waals surface area contributed by atoms with Crippen LogP contribution in [0.3, 0.4) is 0 Å². The second-order valence-electron chi connectivity index (χ2n) is 3.77. The van der Waals surface area contributed by atoms with Crippen LogP contribution < -0.4 is 11.1 Å². The summed E-state index contributed by atoms with van der Waals surface area (Å²) in [6, 6.07) is 9.28. The summed E-state index contributed by atoms with van der Waals surface area (Å²) in [6.07, 6.45) is 1.61. The monoisotopic (exact) mass is 246 g/mol. The molecule has 4 N–H and O–H groups in total. The van der Waals surface area contributed by atoms with Gasteiger partial charge in [-0.3, -0.25) is 0 Å². The minimum atomic E-state index is 0.104. The Kier molecular flexibility index (Phi) is 3.93. The van der Waals surface area contributed by atoms with E-state index < -0.39 is 0 Å². The minimum Gasteiger partial charge on any atom is -0.409 e. The van der Waals surface area contributed by atoms with Gasteiger partial charge in [0.25, 0.3) is 0 Å². The van der Waals surface area contributed by atoms with Gasteiger partial charge >= 0.3 is 0 Å². The molecule has 6 nitrogen and oxygen atoms in total. The van der Waals surface area contributed by atoms with Crippen molar-refractivity contribution < 1.29 is 9.73 Å². The smallest absolute Gasteiger partial charge is 0.170 e. The summed E-state index contributed by atoms with van der Waals surface area (Å²) in [5.74, 6) is 0.884. The number of aromatic nitrogens is 1. The Morgan fingerprint density at radius 3 is 3.00 bits per heavy atom. The molecule has 2 aromatic rings. The standard InChI is InChI=1S/C12H14N4O2/c13-12(16-17)10-3-1-2-9(6-10)7-14-8-11-4-5-15-18-11/h1-6,14,17H,7-8H2,(H2,13,16). The van der Waals surface area contributed by atoms with Crippen molar-refractivity contribution in [3.8, 4) is 0 Å². The molecule has 1 aromatic heterocycles. The number of hydrogen-bond acceptors (Lipinski definition) is 5. The molecule has 0 atom stereocenters. The molecule has 0 fully saturated rings. The molecule has 0 unspecified atom stereocenters. The number of nitrogens with two attached hydrogens (primary N) is 1. The first kappa shape index (κ1) is 12.1. The first-order valence-electron chi connectivity index (χ1n) is 5.46. The van der Waals surface area contributed by atoms with Crippen molar-refractivity contribution in [2.75, 3.05) is 0 Å². The summed E-state index contributed by atoms with van der Waals surface area (Å²) in [6.45, 7) is 1.26. The summed E-state index contributed by atoms with van der Waals surface area (Å²) in [4.78, 5) is 0. The number of nitrogens with one attached hydrogen (secondary N) is 1. The topological polar surface area (TPSA) is 96.7 Å². The molecule has 0 spiro atoms. The lowest BCUT2D eigenvalue weighted by Gasteiger charge is -2.05. The first-order chi connectivity index (χ1) is 8.79. The fourth-order valence-corrected chi connectivity index (χ4v) is 1.56. The number of oxime groups is 1. The SMILES string of the molecule is N/C(=N/O)c1cccc(CNCc2ccno2)c1. The Morgan fingerprint density at radius 1 is 1.39 bits per heavy atom. The summed E-state index contributed by atoms with van der Waals surface area (Å²) in [5.41, 5.74) is 7.26. The lowest BCUT2D eigenvalue weighted by atomic mass is 10.1. The molecule has 0 aliphatic heterocycles. The van der Waals surface area contributed by atoms with Crippen molar-refractivity contribution in [1.29, 1.82) is 0 Å². The molecule has 0 saturated heterocycles. The normalized spacial score (nSPS) is 11.7. The predicted molar refractivity (Wildman–Crippen MR) is 66.0 cm³/mol. The van der Waals surface area contributed by atoms with Crippen molar-refractivity contribution in [2.45, 2.75) is 13.1 Å². The highest BCUT2D eigenvalue weighted by atomic mass is 16.5. The maximum Gasteiger partial charge on any atom is 0.170 e. The molecule has 1 aromatic carbocycles. The van der Waals surface area contributed by atoms with Gasteiger partial charge in [-0.2, -0.15) is 0 Å². The van der Waals surface area contributed by atoms with Gasteiger partial charge in [-0.05, 0) is 11.6 Å². The molecule has 0 aliphatic rings. The van der Waals surface area contributed by atoms with Gasteiger partial charge in [-0.1, -0.05) is 28.5 Å². The van der Waals surface area contributed by atoms with Crippen molar-refractivity contribution in [3.05, 3.63) is 53.4 Å². The molecule has 6 heteroatoms. The van der Waals surface area contributed by atoms with E-state index in [0.29, 0.717) is 18.7 Å². The molecular weight excluding hydrogens is 232 g/mol. The maximum atomic E-state index is 8.61. The third-order valence-corrected chi connectivity index (χ3v) is 2.45. The molecule has 94 valence electrons. The zero-order valence-electron chi connectivity index (χ0n) is 9.71. The summed E-state index contributed by atoms with van der Waals surface area (Å²) < 4.78 is 4.97. The Morgan fingerprint density at radius 2 is 2.28 bits per heavy atom. The molecule has 2 rings (SSSR count). The molecule has 0 bridgehead atoms. The number of nitrogens with zero attached hydrogens (tertiary/aromatic N) is 2. The second kappa shape index (κ2) is 5.83. The second-order valence-corrected chi connectivity index (χ2v) is 3.77. The number of rotatable bonds is 5. The van der Waals surface area contributed by atoms with E-state index >= 15 is 0 Å². The average Bonchev–Trinajstić information content (AvgIpc) is 2.91. The van der Waals surface area contributed by atoms with Crippen LogP contribution in [-0.4, -0.2) is 16.2 Å². The van der Waals surface area contributed by atoms with E-state index in [9.17, 15) is 0 Å². The Hall–Kier alpha value is -2.34. The van der Waals surface area contributed by atoms with E-state index in [2.05, 4.69) is 15.6 Å². The lowest BCUT2D eigenvalue weighted by molar-refractivity contribution is 0.318. The predicted octanol–water partition coefficient (Wildman–Crippen LogP) is 1.06. The van der Waals surface area contributed by atoms with Crippen LogP contribution in [-0.2, 0) is 13.1 Å². The van der Waals surface area contributed by atoms with Crippen LogP contribution >= 0.6 is 0 Å². The van der Waals surface area contributed by atoms with Gasteiger partial charge in [0.15, 0.2) is 5.84 Å². The van der Waals surface area contributed by atoms with Gasteiger partial charge in [-0.25, -0.2) is 0 Å². The van der Waals surface area contributed by atoms with Gasteiger partial charge in [0.05, 0.1) is 12.7 Å². The van der Waals surface area contributed by atoms with Gasteiger partial charge < -0.3 is 20.8 Å². The Balaban J connectivity index is 1.93. The Labute approximate surface area is 104 Å². The summed E-state index contributed by atoms with van der Waals surface area (Å²) in [7, 11) is 0. The van der Waals surface area contributed by atoms with Gasteiger partial charge in [0, 0.05) is 18.2 Å². The molecule has 0 saturated carbocycles.